The van der Waals surface area contributed by atoms with Crippen molar-refractivity contribution in [3.63, 3.8) is 0 Å². The van der Waals surface area contributed by atoms with Gasteiger partial charge in [0.25, 0.3) is 0 Å². The van der Waals surface area contributed by atoms with E-state index in [9.17, 15) is 8.78 Å². The Bertz CT molecular complexity index is 361. The fourth-order valence-electron chi connectivity index (χ4n) is 1.16. The van der Waals surface area contributed by atoms with E-state index in [2.05, 4.69) is 0 Å². The first-order valence-electron chi connectivity index (χ1n) is 3.93. The van der Waals surface area contributed by atoms with Gasteiger partial charge in [0, 0.05) is 17.3 Å². The number of halogens is 2. The summed E-state index contributed by atoms with van der Waals surface area (Å²) in [5, 5.41) is 8.33. The number of nitriles is 1. The molecule has 0 aliphatic carbocycles. The lowest BCUT2D eigenvalue weighted by Gasteiger charge is -2.10. The summed E-state index contributed by atoms with van der Waals surface area (Å²) >= 11 is 0. The fraction of sp³-hybridized carbons (Fsp3) is 0.222. The van der Waals surface area contributed by atoms with Crippen molar-refractivity contribution in [1.82, 2.24) is 0 Å². The van der Waals surface area contributed by atoms with E-state index in [-0.39, 0.29) is 17.7 Å². The zero-order valence-electron chi connectivity index (χ0n) is 7.30. The largest absolute Gasteiger partial charge is 0.399 e. The molecule has 1 rings (SSSR count). The molecule has 0 saturated heterocycles. The van der Waals surface area contributed by atoms with Crippen LogP contribution in [0.25, 0.3) is 0 Å². The molecular weight excluding hydrogens is 188 g/mol. The van der Waals surface area contributed by atoms with Gasteiger partial charge in [0.1, 0.15) is 11.6 Å². The first-order chi connectivity index (χ1) is 6.56. The summed E-state index contributed by atoms with van der Waals surface area (Å²) < 4.78 is 26.4. The van der Waals surface area contributed by atoms with E-state index < -0.39 is 17.7 Å². The number of hydrogen-bond acceptors (Lipinski definition) is 3. The van der Waals surface area contributed by atoms with Crippen molar-refractivity contribution in [1.29, 1.82) is 5.26 Å². The molecule has 74 valence electrons. The van der Waals surface area contributed by atoms with E-state index in [0.717, 1.165) is 12.1 Å². The van der Waals surface area contributed by atoms with E-state index in [1.807, 2.05) is 0 Å². The summed E-state index contributed by atoms with van der Waals surface area (Å²) in [5.41, 5.74) is 10.3. The number of hydrogen-bond donors (Lipinski definition) is 2. The Hall–Kier alpha value is -1.67. The molecule has 0 aliphatic rings. The minimum absolute atomic E-state index is 0.00657. The minimum Gasteiger partial charge on any atom is -0.399 e. The highest BCUT2D eigenvalue weighted by Crippen LogP contribution is 2.23. The number of nitrogens with two attached hydrogens (primary N) is 2. The number of rotatable bonds is 2. The van der Waals surface area contributed by atoms with Crippen LogP contribution in [0.3, 0.4) is 0 Å². The molecule has 0 heterocycles. The van der Waals surface area contributed by atoms with Crippen molar-refractivity contribution in [3.8, 4) is 6.07 Å². The number of nitrogen functional groups attached to an aromatic ring is 1. The molecular formula is C9H9F2N3. The monoisotopic (exact) mass is 197 g/mol. The second-order valence-electron chi connectivity index (χ2n) is 2.87. The Morgan fingerprint density at radius 2 is 1.86 bits per heavy atom. The quantitative estimate of drug-likeness (QED) is 0.704. The average Bonchev–Trinajstić information content (AvgIpc) is 2.01. The van der Waals surface area contributed by atoms with Gasteiger partial charge in [0.05, 0.1) is 12.5 Å². The number of nitrogens with zero attached hydrogens (tertiary/aromatic N) is 1. The average molecular weight is 197 g/mol. The fourth-order valence-corrected chi connectivity index (χ4v) is 1.16. The Morgan fingerprint density at radius 3 is 2.29 bits per heavy atom. The lowest BCUT2D eigenvalue weighted by atomic mass is 10.0. The third-order valence-corrected chi connectivity index (χ3v) is 1.78. The SMILES string of the molecule is N#CC[C@H](N)c1c(F)cc(N)cc1F. The molecule has 0 spiro atoms. The van der Waals surface area contributed by atoms with Gasteiger partial charge in [-0.3, -0.25) is 0 Å². The molecule has 0 aliphatic heterocycles. The first-order valence-corrected chi connectivity index (χ1v) is 3.93. The third kappa shape index (κ3) is 1.98. The van der Waals surface area contributed by atoms with Crippen molar-refractivity contribution in [2.75, 3.05) is 5.73 Å². The van der Waals surface area contributed by atoms with Gasteiger partial charge in [-0.1, -0.05) is 0 Å². The van der Waals surface area contributed by atoms with Crippen LogP contribution in [0.5, 0.6) is 0 Å². The van der Waals surface area contributed by atoms with E-state index in [1.54, 1.807) is 6.07 Å². The number of benzene rings is 1. The Labute approximate surface area is 79.9 Å². The molecule has 5 heteroatoms. The smallest absolute Gasteiger partial charge is 0.132 e. The molecule has 0 radical (unpaired) electrons. The second-order valence-corrected chi connectivity index (χ2v) is 2.87. The van der Waals surface area contributed by atoms with Crippen molar-refractivity contribution >= 4 is 5.69 Å². The zero-order valence-corrected chi connectivity index (χ0v) is 7.30. The van der Waals surface area contributed by atoms with E-state index in [4.69, 9.17) is 16.7 Å². The molecule has 1 aromatic carbocycles. The summed E-state index contributed by atoms with van der Waals surface area (Å²) in [7, 11) is 0. The van der Waals surface area contributed by atoms with Crippen LogP contribution in [0, 0.1) is 23.0 Å². The summed E-state index contributed by atoms with van der Waals surface area (Å²) in [6, 6.07) is 2.75. The summed E-state index contributed by atoms with van der Waals surface area (Å²) in [5.74, 6) is -1.63. The van der Waals surface area contributed by atoms with E-state index in [0.29, 0.717) is 0 Å². The van der Waals surface area contributed by atoms with Crippen molar-refractivity contribution in [2.24, 2.45) is 5.73 Å². The predicted molar refractivity (Wildman–Crippen MR) is 47.9 cm³/mol. The molecule has 1 atom stereocenters. The highest BCUT2D eigenvalue weighted by Gasteiger charge is 2.17. The maximum Gasteiger partial charge on any atom is 0.132 e. The van der Waals surface area contributed by atoms with Gasteiger partial charge >= 0.3 is 0 Å². The zero-order chi connectivity index (χ0) is 10.7. The van der Waals surface area contributed by atoms with Crippen molar-refractivity contribution in [3.05, 3.63) is 29.3 Å². The van der Waals surface area contributed by atoms with Gasteiger partial charge in [0.2, 0.25) is 0 Å². The van der Waals surface area contributed by atoms with Crippen LogP contribution in [0.4, 0.5) is 14.5 Å². The lowest BCUT2D eigenvalue weighted by Crippen LogP contribution is -2.14. The standard InChI is InChI=1S/C9H9F2N3/c10-6-3-5(13)4-7(11)9(6)8(14)1-2-12/h3-4,8H,1,13-14H2/t8-/m0/s1. The Kier molecular flexibility index (Phi) is 2.99. The van der Waals surface area contributed by atoms with Crippen LogP contribution in [0.1, 0.15) is 18.0 Å². The van der Waals surface area contributed by atoms with Gasteiger partial charge in [-0.2, -0.15) is 5.26 Å². The molecule has 4 N–H and O–H groups in total. The lowest BCUT2D eigenvalue weighted by molar-refractivity contribution is 0.529. The molecule has 0 bridgehead atoms. The first kappa shape index (κ1) is 10.4. The van der Waals surface area contributed by atoms with E-state index in [1.165, 1.54) is 0 Å². The van der Waals surface area contributed by atoms with Gasteiger partial charge in [-0.05, 0) is 12.1 Å². The maximum absolute atomic E-state index is 13.2. The van der Waals surface area contributed by atoms with Crippen LogP contribution in [0.15, 0.2) is 12.1 Å². The molecule has 1 aromatic rings. The van der Waals surface area contributed by atoms with Crippen LogP contribution in [-0.4, -0.2) is 0 Å². The summed E-state index contributed by atoms with van der Waals surface area (Å²) in [6.45, 7) is 0. The van der Waals surface area contributed by atoms with Gasteiger partial charge in [-0.25, -0.2) is 8.78 Å². The van der Waals surface area contributed by atoms with Crippen LogP contribution in [0.2, 0.25) is 0 Å². The van der Waals surface area contributed by atoms with Crippen LogP contribution < -0.4 is 11.5 Å². The molecule has 0 aromatic heterocycles. The normalized spacial score (nSPS) is 12.1. The number of anilines is 1. The molecule has 0 unspecified atom stereocenters. The molecule has 0 saturated carbocycles. The van der Waals surface area contributed by atoms with E-state index >= 15 is 0 Å². The Balaban J connectivity index is 3.15. The van der Waals surface area contributed by atoms with Gasteiger partial charge in [-0.15, -0.1) is 0 Å². The highest BCUT2D eigenvalue weighted by molar-refractivity contribution is 5.42. The van der Waals surface area contributed by atoms with Crippen LogP contribution in [-0.2, 0) is 0 Å². The maximum atomic E-state index is 13.2. The summed E-state index contributed by atoms with van der Waals surface area (Å²) in [6.07, 6.45) is -0.141. The van der Waals surface area contributed by atoms with Crippen molar-refractivity contribution in [2.45, 2.75) is 12.5 Å². The molecule has 14 heavy (non-hydrogen) atoms. The highest BCUT2D eigenvalue weighted by atomic mass is 19.1. The predicted octanol–water partition coefficient (Wildman–Crippen LogP) is 1.46. The molecule has 0 amide bonds. The van der Waals surface area contributed by atoms with Crippen LogP contribution >= 0.6 is 0 Å². The summed E-state index contributed by atoms with van der Waals surface area (Å²) in [4.78, 5) is 0. The third-order valence-electron chi connectivity index (χ3n) is 1.78. The Morgan fingerprint density at radius 1 is 1.36 bits per heavy atom. The second kappa shape index (κ2) is 4.03. The van der Waals surface area contributed by atoms with Gasteiger partial charge < -0.3 is 11.5 Å². The van der Waals surface area contributed by atoms with Crippen molar-refractivity contribution < 1.29 is 8.78 Å². The topological polar surface area (TPSA) is 75.8 Å². The minimum atomic E-state index is -0.958. The van der Waals surface area contributed by atoms with Gasteiger partial charge in [0.15, 0.2) is 0 Å². The molecule has 3 nitrogen and oxygen atoms in total. The molecule has 0 fully saturated rings.